The van der Waals surface area contributed by atoms with Crippen LogP contribution >= 0.6 is 27.5 Å². The lowest BCUT2D eigenvalue weighted by Crippen LogP contribution is -2.26. The van der Waals surface area contributed by atoms with Gasteiger partial charge in [-0.2, -0.15) is 0 Å². The van der Waals surface area contributed by atoms with Crippen LogP contribution in [0.25, 0.3) is 0 Å². The van der Waals surface area contributed by atoms with E-state index < -0.39 is 6.10 Å². The Labute approximate surface area is 135 Å². The molecule has 2 N–H and O–H groups in total. The van der Waals surface area contributed by atoms with Crippen molar-refractivity contribution in [1.82, 2.24) is 0 Å². The molecule has 0 radical (unpaired) electrons. The number of benzene rings is 2. The van der Waals surface area contributed by atoms with Crippen molar-refractivity contribution in [2.24, 2.45) is 0 Å². The molecule has 0 fully saturated rings. The van der Waals surface area contributed by atoms with Crippen molar-refractivity contribution in [3.05, 3.63) is 57.8 Å². The molecule has 2 aromatic rings. The first-order valence-electron chi connectivity index (χ1n) is 6.30. The summed E-state index contributed by atoms with van der Waals surface area (Å²) in [6.07, 6.45) is -0.724. The lowest BCUT2D eigenvalue weighted by Gasteiger charge is -2.15. The number of hydrogen-bond acceptors (Lipinski definition) is 3. The maximum atomic E-state index is 13.0. The molecule has 0 spiro atoms. The lowest BCUT2D eigenvalue weighted by atomic mass is 10.3. The third kappa shape index (κ3) is 4.88. The Hall–Kier alpha value is -1.30. The standard InChI is InChI=1S/C15H14BrClFNO2/c16-12-7-10(18)5-6-14(12)19-8-11(20)9-21-15-4-2-1-3-13(15)17/h1-7,11,19-20H,8-9H2. The predicted molar refractivity (Wildman–Crippen MR) is 85.5 cm³/mol. The van der Waals surface area contributed by atoms with Gasteiger partial charge in [0.15, 0.2) is 0 Å². The fourth-order valence-electron chi connectivity index (χ4n) is 1.67. The summed E-state index contributed by atoms with van der Waals surface area (Å²) in [5.74, 6) is 0.205. The van der Waals surface area contributed by atoms with Crippen LogP contribution in [0.15, 0.2) is 46.9 Å². The summed E-state index contributed by atoms with van der Waals surface area (Å²) in [6, 6.07) is 11.4. The van der Waals surface area contributed by atoms with Crippen LogP contribution < -0.4 is 10.1 Å². The zero-order valence-corrected chi connectivity index (χ0v) is 13.4. The van der Waals surface area contributed by atoms with Gasteiger partial charge < -0.3 is 15.2 Å². The molecule has 0 aliphatic rings. The molecule has 0 aromatic heterocycles. The minimum Gasteiger partial charge on any atom is -0.489 e. The molecule has 1 atom stereocenters. The first-order valence-corrected chi connectivity index (χ1v) is 7.47. The Morgan fingerprint density at radius 1 is 1.29 bits per heavy atom. The highest BCUT2D eigenvalue weighted by atomic mass is 79.9. The molecule has 112 valence electrons. The highest BCUT2D eigenvalue weighted by Gasteiger charge is 2.08. The number of anilines is 1. The summed E-state index contributed by atoms with van der Waals surface area (Å²) in [4.78, 5) is 0. The van der Waals surface area contributed by atoms with Crippen LogP contribution in [0.4, 0.5) is 10.1 Å². The molecule has 0 saturated carbocycles. The molecule has 0 bridgehead atoms. The minimum atomic E-state index is -0.724. The molecule has 0 heterocycles. The summed E-state index contributed by atoms with van der Waals surface area (Å²) in [5, 5.41) is 13.4. The average molecular weight is 375 g/mol. The number of halogens is 3. The Morgan fingerprint density at radius 3 is 2.76 bits per heavy atom. The second-order valence-electron chi connectivity index (χ2n) is 4.40. The Morgan fingerprint density at radius 2 is 2.05 bits per heavy atom. The normalized spacial score (nSPS) is 12.0. The summed E-state index contributed by atoms with van der Waals surface area (Å²) in [5.41, 5.74) is 0.702. The van der Waals surface area contributed by atoms with Crippen LogP contribution in [0.2, 0.25) is 5.02 Å². The van der Waals surface area contributed by atoms with Crippen molar-refractivity contribution in [2.75, 3.05) is 18.5 Å². The largest absolute Gasteiger partial charge is 0.489 e. The van der Waals surface area contributed by atoms with Crippen LogP contribution in [0.3, 0.4) is 0 Å². The molecule has 21 heavy (non-hydrogen) atoms. The lowest BCUT2D eigenvalue weighted by molar-refractivity contribution is 0.117. The van der Waals surface area contributed by atoms with Crippen molar-refractivity contribution in [3.63, 3.8) is 0 Å². The van der Waals surface area contributed by atoms with Gasteiger partial charge in [0.25, 0.3) is 0 Å². The van der Waals surface area contributed by atoms with Crippen molar-refractivity contribution < 1.29 is 14.2 Å². The fraction of sp³-hybridized carbons (Fsp3) is 0.200. The van der Waals surface area contributed by atoms with Crippen LogP contribution in [-0.4, -0.2) is 24.4 Å². The third-order valence-electron chi connectivity index (χ3n) is 2.73. The summed E-state index contributed by atoms with van der Waals surface area (Å²) >= 11 is 9.20. The van der Waals surface area contributed by atoms with Crippen molar-refractivity contribution in [3.8, 4) is 5.75 Å². The highest BCUT2D eigenvalue weighted by molar-refractivity contribution is 9.10. The van der Waals surface area contributed by atoms with E-state index in [1.165, 1.54) is 12.1 Å². The number of hydrogen-bond donors (Lipinski definition) is 2. The van der Waals surface area contributed by atoms with Crippen molar-refractivity contribution >= 4 is 33.2 Å². The van der Waals surface area contributed by atoms with Gasteiger partial charge in [-0.3, -0.25) is 0 Å². The maximum absolute atomic E-state index is 13.0. The molecule has 0 aliphatic carbocycles. The molecule has 0 amide bonds. The Bertz CT molecular complexity index is 612. The summed E-state index contributed by atoms with van der Waals surface area (Å²) < 4.78 is 19.0. The van der Waals surface area contributed by atoms with Crippen molar-refractivity contribution in [1.29, 1.82) is 0 Å². The second-order valence-corrected chi connectivity index (χ2v) is 5.66. The number of aliphatic hydroxyl groups excluding tert-OH is 1. The molecule has 0 aliphatic heterocycles. The molecule has 6 heteroatoms. The fourth-order valence-corrected chi connectivity index (χ4v) is 2.35. The van der Waals surface area contributed by atoms with Gasteiger partial charge in [0, 0.05) is 16.7 Å². The van der Waals surface area contributed by atoms with E-state index in [1.54, 1.807) is 24.3 Å². The van der Waals surface area contributed by atoms with Gasteiger partial charge in [-0.15, -0.1) is 0 Å². The average Bonchev–Trinajstić information content (AvgIpc) is 2.45. The Kier molecular flexibility index (Phi) is 5.85. The molecule has 0 saturated heterocycles. The maximum Gasteiger partial charge on any atom is 0.138 e. The van der Waals surface area contributed by atoms with Gasteiger partial charge in [0.05, 0.1) is 5.02 Å². The van der Waals surface area contributed by atoms with Crippen LogP contribution in [0, 0.1) is 5.82 Å². The van der Waals surface area contributed by atoms with Gasteiger partial charge in [0.2, 0.25) is 0 Å². The van der Waals surface area contributed by atoms with Crippen LogP contribution in [0.1, 0.15) is 0 Å². The van der Waals surface area contributed by atoms with E-state index in [0.717, 1.165) is 0 Å². The van der Waals surface area contributed by atoms with Crippen molar-refractivity contribution in [2.45, 2.75) is 6.10 Å². The number of aliphatic hydroxyl groups is 1. The zero-order chi connectivity index (χ0) is 15.2. The molecular formula is C15H14BrClFNO2. The van der Waals surface area contributed by atoms with Gasteiger partial charge in [-0.05, 0) is 46.3 Å². The van der Waals surface area contributed by atoms with Crippen LogP contribution in [0.5, 0.6) is 5.75 Å². The SMILES string of the molecule is OC(CNc1ccc(F)cc1Br)COc1ccccc1Cl. The number of rotatable bonds is 6. The van der Waals surface area contributed by atoms with Gasteiger partial charge >= 0.3 is 0 Å². The molecular weight excluding hydrogens is 361 g/mol. The highest BCUT2D eigenvalue weighted by Crippen LogP contribution is 2.24. The second kappa shape index (κ2) is 7.64. The van der Waals surface area contributed by atoms with E-state index in [0.29, 0.717) is 20.9 Å². The molecule has 3 nitrogen and oxygen atoms in total. The van der Waals surface area contributed by atoms with E-state index >= 15 is 0 Å². The Balaban J connectivity index is 1.82. The quantitative estimate of drug-likeness (QED) is 0.800. The number of ether oxygens (including phenoxy) is 1. The van der Waals surface area contributed by atoms with E-state index in [1.807, 2.05) is 6.07 Å². The molecule has 1 unspecified atom stereocenters. The molecule has 2 rings (SSSR count). The number of para-hydroxylation sites is 1. The number of nitrogens with one attached hydrogen (secondary N) is 1. The van der Waals surface area contributed by atoms with E-state index in [2.05, 4.69) is 21.2 Å². The van der Waals surface area contributed by atoms with Crippen LogP contribution in [-0.2, 0) is 0 Å². The first kappa shape index (κ1) is 16.1. The summed E-state index contributed by atoms with van der Waals surface area (Å²) in [6.45, 7) is 0.379. The van der Waals surface area contributed by atoms with E-state index in [4.69, 9.17) is 16.3 Å². The zero-order valence-electron chi connectivity index (χ0n) is 11.0. The van der Waals surface area contributed by atoms with Gasteiger partial charge in [0.1, 0.15) is 24.3 Å². The molecule has 2 aromatic carbocycles. The predicted octanol–water partition coefficient (Wildman–Crippen LogP) is 4.09. The van der Waals surface area contributed by atoms with Gasteiger partial charge in [-0.1, -0.05) is 23.7 Å². The van der Waals surface area contributed by atoms with E-state index in [-0.39, 0.29) is 19.0 Å². The minimum absolute atomic E-state index is 0.107. The first-order chi connectivity index (χ1) is 10.1. The monoisotopic (exact) mass is 373 g/mol. The smallest absolute Gasteiger partial charge is 0.138 e. The van der Waals surface area contributed by atoms with E-state index in [9.17, 15) is 9.50 Å². The van der Waals surface area contributed by atoms with Gasteiger partial charge in [-0.25, -0.2) is 4.39 Å². The summed E-state index contributed by atoms with van der Waals surface area (Å²) in [7, 11) is 0. The topological polar surface area (TPSA) is 41.5 Å². The third-order valence-corrected chi connectivity index (χ3v) is 3.70.